The predicted molar refractivity (Wildman–Crippen MR) is 121 cm³/mol. The second kappa shape index (κ2) is 10.1. The number of carbonyl (C=O) groups is 1. The van der Waals surface area contributed by atoms with Crippen LogP contribution in [0.3, 0.4) is 0 Å². The summed E-state index contributed by atoms with van der Waals surface area (Å²) in [7, 11) is 0. The number of carbonyl (C=O) groups excluding carboxylic acids is 1. The summed E-state index contributed by atoms with van der Waals surface area (Å²) in [5.74, 6) is 0.150. The van der Waals surface area contributed by atoms with Crippen LogP contribution in [0.25, 0.3) is 0 Å². The number of benzene rings is 3. The molecule has 0 bridgehead atoms. The molecule has 0 aliphatic carbocycles. The number of nitrogens with one attached hydrogen (secondary N) is 1. The fourth-order valence-electron chi connectivity index (χ4n) is 2.39. The summed E-state index contributed by atoms with van der Waals surface area (Å²) >= 11 is 21.8. The van der Waals surface area contributed by atoms with Gasteiger partial charge in [0.05, 0.1) is 15.7 Å². The third-order valence-electron chi connectivity index (χ3n) is 3.84. The van der Waals surface area contributed by atoms with E-state index >= 15 is 0 Å². The van der Waals surface area contributed by atoms with Crippen LogP contribution in [0.15, 0.2) is 70.2 Å². The number of amides is 1. The molecule has 0 fully saturated rings. The molecule has 3 aromatic rings. The second-order valence-electron chi connectivity index (χ2n) is 5.90. The second-order valence-corrected chi connectivity index (χ2v) is 8.00. The van der Waals surface area contributed by atoms with Gasteiger partial charge in [0, 0.05) is 21.2 Å². The summed E-state index contributed by atoms with van der Waals surface area (Å²) < 4.78 is 6.47. The number of rotatable bonds is 6. The minimum Gasteiger partial charge on any atom is -0.486 e. The number of nitrogens with zero attached hydrogens (tertiary/aromatic N) is 1. The Morgan fingerprint density at radius 2 is 1.76 bits per heavy atom. The lowest BCUT2D eigenvalue weighted by Gasteiger charge is -2.12. The van der Waals surface area contributed by atoms with E-state index in [1.165, 1.54) is 6.21 Å². The molecule has 0 atom stereocenters. The average Bonchev–Trinajstić information content (AvgIpc) is 2.69. The Morgan fingerprint density at radius 1 is 1.03 bits per heavy atom. The van der Waals surface area contributed by atoms with Crippen LogP contribution in [0.1, 0.15) is 21.5 Å². The fourth-order valence-corrected chi connectivity index (χ4v) is 3.69. The van der Waals surface area contributed by atoms with E-state index in [0.29, 0.717) is 36.4 Å². The van der Waals surface area contributed by atoms with Crippen molar-refractivity contribution in [3.8, 4) is 5.75 Å². The van der Waals surface area contributed by atoms with Crippen molar-refractivity contribution >= 4 is 62.9 Å². The normalized spacial score (nSPS) is 10.9. The Kier molecular flexibility index (Phi) is 7.56. The lowest BCUT2D eigenvalue weighted by atomic mass is 10.2. The van der Waals surface area contributed by atoms with Crippen molar-refractivity contribution in [3.63, 3.8) is 0 Å². The van der Waals surface area contributed by atoms with Crippen molar-refractivity contribution in [1.29, 1.82) is 0 Å². The highest BCUT2D eigenvalue weighted by molar-refractivity contribution is 9.10. The molecule has 3 aromatic carbocycles. The molecule has 1 N–H and O–H groups in total. The van der Waals surface area contributed by atoms with E-state index < -0.39 is 0 Å². The summed E-state index contributed by atoms with van der Waals surface area (Å²) in [5.41, 5.74) is 4.45. The van der Waals surface area contributed by atoms with Gasteiger partial charge in [0.15, 0.2) is 5.75 Å². The van der Waals surface area contributed by atoms with E-state index in [0.717, 1.165) is 5.56 Å². The van der Waals surface area contributed by atoms with E-state index in [4.69, 9.17) is 39.5 Å². The van der Waals surface area contributed by atoms with Crippen molar-refractivity contribution in [2.24, 2.45) is 5.10 Å². The molecule has 8 heteroatoms. The van der Waals surface area contributed by atoms with Crippen LogP contribution in [0, 0.1) is 0 Å². The van der Waals surface area contributed by atoms with Crippen LogP contribution in [-0.2, 0) is 6.61 Å². The van der Waals surface area contributed by atoms with Gasteiger partial charge in [0.2, 0.25) is 0 Å². The zero-order valence-electron chi connectivity index (χ0n) is 14.8. The van der Waals surface area contributed by atoms with Crippen molar-refractivity contribution in [2.45, 2.75) is 6.61 Å². The molecular weight excluding hydrogens is 499 g/mol. The highest BCUT2D eigenvalue weighted by atomic mass is 79.9. The van der Waals surface area contributed by atoms with Crippen molar-refractivity contribution in [2.75, 3.05) is 0 Å². The molecule has 148 valence electrons. The summed E-state index contributed by atoms with van der Waals surface area (Å²) in [4.78, 5) is 12.0. The van der Waals surface area contributed by atoms with Gasteiger partial charge >= 0.3 is 0 Å². The number of halogens is 4. The van der Waals surface area contributed by atoms with E-state index in [1.807, 2.05) is 18.2 Å². The molecule has 29 heavy (non-hydrogen) atoms. The lowest BCUT2D eigenvalue weighted by Crippen LogP contribution is -2.17. The first kappa shape index (κ1) is 21.7. The van der Waals surface area contributed by atoms with Crippen LogP contribution < -0.4 is 10.2 Å². The molecule has 4 nitrogen and oxygen atoms in total. The highest BCUT2D eigenvalue weighted by Crippen LogP contribution is 2.35. The van der Waals surface area contributed by atoms with Crippen LogP contribution in [0.4, 0.5) is 0 Å². The number of hydrogen-bond donors (Lipinski definition) is 1. The van der Waals surface area contributed by atoms with Gasteiger partial charge in [-0.1, -0.05) is 53.0 Å². The molecule has 1 amide bonds. The van der Waals surface area contributed by atoms with Crippen LogP contribution >= 0.6 is 50.7 Å². The van der Waals surface area contributed by atoms with Gasteiger partial charge in [-0.25, -0.2) is 5.43 Å². The molecule has 0 aromatic heterocycles. The van der Waals surface area contributed by atoms with Gasteiger partial charge in [-0.2, -0.15) is 5.10 Å². The molecule has 0 aliphatic heterocycles. The zero-order valence-corrected chi connectivity index (χ0v) is 18.7. The first-order valence-electron chi connectivity index (χ1n) is 8.38. The minimum absolute atomic E-state index is 0.280. The van der Waals surface area contributed by atoms with Gasteiger partial charge < -0.3 is 4.74 Å². The minimum atomic E-state index is -0.345. The standard InChI is InChI=1S/C21H14BrCl3N2O2/c22-17-9-13(11-26-27-21(28)14-5-7-16(23)8-6-14)10-19(25)20(17)29-12-15-3-1-2-4-18(15)24/h1-11H,12H2,(H,27,28)/b26-11-. The van der Waals surface area contributed by atoms with E-state index in [1.54, 1.807) is 42.5 Å². The zero-order chi connectivity index (χ0) is 20.8. The van der Waals surface area contributed by atoms with Crippen LogP contribution in [0.5, 0.6) is 5.75 Å². The third-order valence-corrected chi connectivity index (χ3v) is 5.33. The van der Waals surface area contributed by atoms with E-state index in [2.05, 4.69) is 26.5 Å². The van der Waals surface area contributed by atoms with Crippen molar-refractivity contribution < 1.29 is 9.53 Å². The lowest BCUT2D eigenvalue weighted by molar-refractivity contribution is 0.0955. The van der Waals surface area contributed by atoms with Gasteiger partial charge in [0.25, 0.3) is 5.91 Å². The number of ether oxygens (including phenoxy) is 1. The van der Waals surface area contributed by atoms with Gasteiger partial charge in [0.1, 0.15) is 6.61 Å². The SMILES string of the molecule is O=C(N/N=C\c1cc(Cl)c(OCc2ccccc2Cl)c(Br)c1)c1ccc(Cl)cc1. The van der Waals surface area contributed by atoms with E-state index in [9.17, 15) is 4.79 Å². The van der Waals surface area contributed by atoms with Crippen molar-refractivity contribution in [3.05, 3.63) is 96.9 Å². The Bertz CT molecular complexity index is 1030. The number of hydrogen-bond acceptors (Lipinski definition) is 3. The molecule has 3 rings (SSSR count). The topological polar surface area (TPSA) is 50.7 Å². The smallest absolute Gasteiger partial charge is 0.271 e. The Hall–Kier alpha value is -2.05. The Balaban J connectivity index is 1.65. The van der Waals surface area contributed by atoms with Crippen molar-refractivity contribution in [1.82, 2.24) is 5.43 Å². The van der Waals surface area contributed by atoms with Gasteiger partial charge in [-0.15, -0.1) is 0 Å². The number of hydrazone groups is 1. The molecule has 0 saturated carbocycles. The molecule has 0 unspecified atom stereocenters. The first-order chi connectivity index (χ1) is 13.9. The maximum Gasteiger partial charge on any atom is 0.271 e. The predicted octanol–water partition coefficient (Wildman–Crippen LogP) is 6.75. The summed E-state index contributed by atoms with van der Waals surface area (Å²) in [6.07, 6.45) is 1.49. The maximum atomic E-state index is 12.0. The van der Waals surface area contributed by atoms with Gasteiger partial charge in [-0.05, 0) is 64.0 Å². The third kappa shape index (κ3) is 5.97. The Labute approximate surface area is 191 Å². The van der Waals surface area contributed by atoms with Gasteiger partial charge in [-0.3, -0.25) is 4.79 Å². The quantitative estimate of drug-likeness (QED) is 0.293. The largest absolute Gasteiger partial charge is 0.486 e. The summed E-state index contributed by atoms with van der Waals surface area (Å²) in [6.45, 7) is 0.280. The highest BCUT2D eigenvalue weighted by Gasteiger charge is 2.10. The molecule has 0 heterocycles. The average molecular weight is 513 g/mol. The molecule has 0 radical (unpaired) electrons. The molecular formula is C21H14BrCl3N2O2. The monoisotopic (exact) mass is 510 g/mol. The first-order valence-corrected chi connectivity index (χ1v) is 10.3. The molecule has 0 spiro atoms. The summed E-state index contributed by atoms with van der Waals surface area (Å²) in [5, 5.41) is 5.54. The molecule has 0 saturated heterocycles. The maximum absolute atomic E-state index is 12.0. The fraction of sp³-hybridized carbons (Fsp3) is 0.0476. The summed E-state index contributed by atoms with van der Waals surface area (Å²) in [6, 6.07) is 17.4. The molecule has 0 aliphatic rings. The Morgan fingerprint density at radius 3 is 2.45 bits per heavy atom. The van der Waals surface area contributed by atoms with E-state index in [-0.39, 0.29) is 12.5 Å². The van der Waals surface area contributed by atoms with Crippen LogP contribution in [0.2, 0.25) is 15.1 Å². The van der Waals surface area contributed by atoms with Crippen LogP contribution in [-0.4, -0.2) is 12.1 Å².